The number of nitrogen functional groups attached to an aromatic ring is 1. The molecule has 3 aromatic rings. The molecule has 6 nitrogen and oxygen atoms in total. The fourth-order valence-corrected chi connectivity index (χ4v) is 5.07. The van der Waals surface area contributed by atoms with E-state index >= 15 is 0 Å². The first-order valence-electron chi connectivity index (χ1n) is 10.5. The van der Waals surface area contributed by atoms with Crippen molar-refractivity contribution >= 4 is 57.4 Å². The predicted molar refractivity (Wildman–Crippen MR) is 130 cm³/mol. The number of thiophene rings is 1. The van der Waals surface area contributed by atoms with Crippen LogP contribution in [0.5, 0.6) is 0 Å². The Morgan fingerprint density at radius 3 is 2.84 bits per heavy atom. The van der Waals surface area contributed by atoms with Gasteiger partial charge in [0.15, 0.2) is 0 Å². The first-order chi connectivity index (χ1) is 15.4. The van der Waals surface area contributed by atoms with Crippen LogP contribution in [0, 0.1) is 0 Å². The Bertz CT molecular complexity index is 1190. The van der Waals surface area contributed by atoms with Crippen molar-refractivity contribution < 1.29 is 9.59 Å². The predicted octanol–water partition coefficient (Wildman–Crippen LogP) is 4.58. The number of pyridine rings is 1. The number of carbonyl (C=O) groups excluding carboxylic acids is 2. The number of halogens is 1. The van der Waals surface area contributed by atoms with Gasteiger partial charge in [0.05, 0.1) is 9.85 Å². The zero-order chi connectivity index (χ0) is 22.8. The molecule has 4 rings (SSSR count). The molecular weight excluding hydrogens is 444 g/mol. The van der Waals surface area contributed by atoms with Crippen molar-refractivity contribution in [1.82, 2.24) is 14.8 Å². The van der Waals surface area contributed by atoms with Gasteiger partial charge in [0.2, 0.25) is 11.8 Å². The third kappa shape index (κ3) is 4.49. The number of amides is 2. The van der Waals surface area contributed by atoms with Gasteiger partial charge in [-0.1, -0.05) is 30.7 Å². The van der Waals surface area contributed by atoms with Gasteiger partial charge in [-0.15, -0.1) is 11.3 Å². The highest BCUT2D eigenvalue weighted by Gasteiger charge is 2.39. The zero-order valence-corrected chi connectivity index (χ0v) is 19.6. The Balaban J connectivity index is 1.51. The van der Waals surface area contributed by atoms with Crippen molar-refractivity contribution in [1.29, 1.82) is 0 Å². The molecule has 1 aliphatic heterocycles. The second-order valence-corrected chi connectivity index (χ2v) is 9.70. The topological polar surface area (TPSA) is 79.5 Å². The summed E-state index contributed by atoms with van der Waals surface area (Å²) in [5.41, 5.74) is 8.50. The van der Waals surface area contributed by atoms with Gasteiger partial charge in [0.1, 0.15) is 6.04 Å². The number of hydrogen-bond donors (Lipinski definition) is 1. The molecule has 2 N–H and O–H groups in total. The van der Waals surface area contributed by atoms with Crippen LogP contribution in [0.1, 0.15) is 30.7 Å². The van der Waals surface area contributed by atoms with E-state index in [1.54, 1.807) is 29.3 Å². The molecule has 0 aliphatic carbocycles. The van der Waals surface area contributed by atoms with Crippen LogP contribution in [0.3, 0.4) is 0 Å². The fourth-order valence-electron chi connectivity index (χ4n) is 4.10. The fraction of sp³-hybridized carbons (Fsp3) is 0.292. The molecule has 32 heavy (non-hydrogen) atoms. The molecule has 3 heterocycles. The van der Waals surface area contributed by atoms with E-state index in [0.717, 1.165) is 21.3 Å². The lowest BCUT2D eigenvalue weighted by molar-refractivity contribution is -0.153. The van der Waals surface area contributed by atoms with Gasteiger partial charge in [0.25, 0.3) is 0 Å². The summed E-state index contributed by atoms with van der Waals surface area (Å²) in [6, 6.07) is 10.7. The summed E-state index contributed by atoms with van der Waals surface area (Å²) in [4.78, 5) is 35.1. The molecule has 166 valence electrons. The number of benzene rings is 1. The number of fused-ring (bicyclic) bond motifs is 1. The molecule has 2 amide bonds. The monoisotopic (exact) mass is 468 g/mol. The first-order valence-corrected chi connectivity index (χ1v) is 11.7. The molecule has 1 aliphatic rings. The smallest absolute Gasteiger partial charge is 0.247 e. The van der Waals surface area contributed by atoms with E-state index in [9.17, 15) is 9.59 Å². The summed E-state index contributed by atoms with van der Waals surface area (Å²) >= 11 is 7.37. The number of hydrogen-bond acceptors (Lipinski definition) is 5. The SMILES string of the molecule is CC[C@H]1C(=O)N(Cc2ccc3c(N)ccnc3c2)C(C)CN1C(=O)C=Cc1ccc(Cl)s1. The summed E-state index contributed by atoms with van der Waals surface area (Å²) in [5, 5.41) is 0.899. The summed E-state index contributed by atoms with van der Waals surface area (Å²) in [6.45, 7) is 4.86. The van der Waals surface area contributed by atoms with Crippen LogP contribution in [-0.4, -0.2) is 45.2 Å². The number of nitrogens with two attached hydrogens (primary N) is 1. The van der Waals surface area contributed by atoms with Gasteiger partial charge in [0, 0.05) is 47.4 Å². The molecule has 8 heteroatoms. The maximum atomic E-state index is 13.3. The van der Waals surface area contributed by atoms with E-state index in [-0.39, 0.29) is 17.9 Å². The minimum absolute atomic E-state index is 0.0344. The maximum Gasteiger partial charge on any atom is 0.247 e. The number of rotatable bonds is 5. The summed E-state index contributed by atoms with van der Waals surface area (Å²) in [7, 11) is 0. The lowest BCUT2D eigenvalue weighted by Gasteiger charge is -2.44. The molecule has 1 saturated heterocycles. The van der Waals surface area contributed by atoms with E-state index in [2.05, 4.69) is 4.98 Å². The second kappa shape index (κ2) is 9.30. The van der Waals surface area contributed by atoms with Gasteiger partial charge in [-0.3, -0.25) is 14.6 Å². The summed E-state index contributed by atoms with van der Waals surface area (Å²) in [5.74, 6) is -0.195. The van der Waals surface area contributed by atoms with Gasteiger partial charge in [-0.2, -0.15) is 0 Å². The average molecular weight is 469 g/mol. The highest BCUT2D eigenvalue weighted by Crippen LogP contribution is 2.26. The third-order valence-corrected chi connectivity index (χ3v) is 6.98. The molecule has 1 fully saturated rings. The Kier molecular flexibility index (Phi) is 6.48. The van der Waals surface area contributed by atoms with Crippen LogP contribution >= 0.6 is 22.9 Å². The van der Waals surface area contributed by atoms with E-state index in [4.69, 9.17) is 17.3 Å². The van der Waals surface area contributed by atoms with Crippen LogP contribution in [0.4, 0.5) is 5.69 Å². The number of nitrogens with zero attached hydrogens (tertiary/aromatic N) is 3. The van der Waals surface area contributed by atoms with Crippen LogP contribution in [0.2, 0.25) is 4.34 Å². The normalized spacial score (nSPS) is 19.3. The molecule has 0 saturated carbocycles. The van der Waals surface area contributed by atoms with Crippen molar-refractivity contribution in [2.75, 3.05) is 12.3 Å². The number of piperazine rings is 1. The summed E-state index contributed by atoms with van der Waals surface area (Å²) < 4.78 is 0.674. The van der Waals surface area contributed by atoms with Gasteiger partial charge < -0.3 is 15.5 Å². The molecule has 0 bridgehead atoms. The number of carbonyl (C=O) groups is 2. The lowest BCUT2D eigenvalue weighted by atomic mass is 10.0. The Morgan fingerprint density at radius 2 is 2.12 bits per heavy atom. The minimum atomic E-state index is -0.482. The first kappa shape index (κ1) is 22.3. The highest BCUT2D eigenvalue weighted by molar-refractivity contribution is 7.17. The molecule has 2 atom stereocenters. The standard InChI is InChI=1S/C24H25ClN4O2S/c1-3-21-24(31)28(14-16-4-7-18-19(26)10-11-27-20(18)12-16)15(2)13-29(21)23(30)9-6-17-5-8-22(25)32-17/h4-12,15,21H,3,13-14H2,1-2H3,(H2,26,27)/t15?,21-/m0/s1. The Morgan fingerprint density at radius 1 is 1.31 bits per heavy atom. The van der Waals surface area contributed by atoms with Gasteiger partial charge in [-0.05, 0) is 49.2 Å². The van der Waals surface area contributed by atoms with Gasteiger partial charge in [-0.25, -0.2) is 0 Å². The van der Waals surface area contributed by atoms with Crippen molar-refractivity contribution in [3.8, 4) is 0 Å². The number of anilines is 1. The van der Waals surface area contributed by atoms with Crippen LogP contribution in [-0.2, 0) is 16.1 Å². The highest BCUT2D eigenvalue weighted by atomic mass is 35.5. The van der Waals surface area contributed by atoms with E-state index in [1.807, 2.05) is 43.0 Å². The lowest BCUT2D eigenvalue weighted by Crippen LogP contribution is -2.61. The molecular formula is C24H25ClN4O2S. The van der Waals surface area contributed by atoms with Crippen molar-refractivity contribution in [2.45, 2.75) is 38.9 Å². The zero-order valence-electron chi connectivity index (χ0n) is 18.0. The summed E-state index contributed by atoms with van der Waals surface area (Å²) in [6.07, 6.45) is 5.52. The van der Waals surface area contributed by atoms with Crippen molar-refractivity contribution in [3.05, 3.63) is 63.4 Å². The van der Waals surface area contributed by atoms with E-state index in [0.29, 0.717) is 29.5 Å². The average Bonchev–Trinajstić information content (AvgIpc) is 3.20. The Hall–Kier alpha value is -2.90. The molecule has 1 aromatic carbocycles. The van der Waals surface area contributed by atoms with Crippen LogP contribution in [0.15, 0.2) is 48.7 Å². The molecule has 2 aromatic heterocycles. The minimum Gasteiger partial charge on any atom is -0.398 e. The van der Waals surface area contributed by atoms with E-state index < -0.39 is 6.04 Å². The Labute approximate surface area is 196 Å². The maximum absolute atomic E-state index is 13.3. The van der Waals surface area contributed by atoms with Crippen molar-refractivity contribution in [2.24, 2.45) is 0 Å². The number of aromatic nitrogens is 1. The van der Waals surface area contributed by atoms with Crippen LogP contribution in [0.25, 0.3) is 17.0 Å². The second-order valence-electron chi connectivity index (χ2n) is 7.96. The molecule has 1 unspecified atom stereocenters. The molecule has 0 spiro atoms. The third-order valence-electron chi connectivity index (χ3n) is 5.79. The molecule has 0 radical (unpaired) electrons. The van der Waals surface area contributed by atoms with Crippen LogP contribution < -0.4 is 5.73 Å². The van der Waals surface area contributed by atoms with Gasteiger partial charge >= 0.3 is 0 Å². The quantitative estimate of drug-likeness (QED) is 0.555. The van der Waals surface area contributed by atoms with E-state index in [1.165, 1.54) is 17.4 Å². The largest absolute Gasteiger partial charge is 0.398 e. The van der Waals surface area contributed by atoms with Crippen molar-refractivity contribution in [3.63, 3.8) is 0 Å².